The van der Waals surface area contributed by atoms with E-state index in [1.807, 2.05) is 25.1 Å². The maximum atomic E-state index is 10.5. The summed E-state index contributed by atoms with van der Waals surface area (Å²) in [5.74, 6) is 0.965. The molecule has 2 rings (SSSR count). The van der Waals surface area contributed by atoms with E-state index in [4.69, 9.17) is 16.9 Å². The Bertz CT molecular complexity index is 564. The molecule has 1 aliphatic rings. The minimum Gasteiger partial charge on any atom is -0.358 e. The molecule has 0 atom stereocenters. The van der Waals surface area contributed by atoms with Gasteiger partial charge in [-0.3, -0.25) is 4.79 Å². The third-order valence-electron chi connectivity index (χ3n) is 3.28. The van der Waals surface area contributed by atoms with Crippen LogP contribution >= 0.6 is 11.6 Å². The predicted octanol–water partition coefficient (Wildman–Crippen LogP) is 2.30. The van der Waals surface area contributed by atoms with Crippen LogP contribution < -0.4 is 0 Å². The Morgan fingerprint density at radius 1 is 1.59 bits per heavy atom. The van der Waals surface area contributed by atoms with Crippen molar-refractivity contribution in [1.29, 1.82) is 5.26 Å². The summed E-state index contributed by atoms with van der Waals surface area (Å²) in [5.41, 5.74) is 1.02. The zero-order chi connectivity index (χ0) is 16.5. The Balaban J connectivity index is 0.000000287. The topological polar surface area (TPSA) is 72.6 Å². The van der Waals surface area contributed by atoms with Gasteiger partial charge < -0.3 is 9.80 Å². The van der Waals surface area contributed by atoms with Crippen molar-refractivity contribution in [2.75, 3.05) is 20.6 Å². The summed E-state index contributed by atoms with van der Waals surface area (Å²) in [6.45, 7) is 3.40. The van der Waals surface area contributed by atoms with Gasteiger partial charge >= 0.3 is 0 Å². The van der Waals surface area contributed by atoms with Gasteiger partial charge in [0.05, 0.1) is 0 Å². The number of likely N-dealkylation sites (tertiary alicyclic amines) is 1. The van der Waals surface area contributed by atoms with Crippen LogP contribution in [0.25, 0.3) is 0 Å². The number of aromatic nitrogens is 1. The third kappa shape index (κ3) is 6.10. The zero-order valence-electron chi connectivity index (χ0n) is 13.1. The first-order valence-corrected chi connectivity index (χ1v) is 7.30. The number of rotatable bonds is 2. The van der Waals surface area contributed by atoms with Crippen molar-refractivity contribution >= 4 is 23.3 Å². The van der Waals surface area contributed by atoms with E-state index in [1.165, 1.54) is 0 Å². The second-order valence-electron chi connectivity index (χ2n) is 5.02. The fourth-order valence-corrected chi connectivity index (χ4v) is 1.94. The third-order valence-corrected chi connectivity index (χ3v) is 3.51. The van der Waals surface area contributed by atoms with Gasteiger partial charge in [0.1, 0.15) is 11.0 Å². The molecule has 0 unspecified atom stereocenters. The Morgan fingerprint density at radius 3 is 2.73 bits per heavy atom. The van der Waals surface area contributed by atoms with Crippen LogP contribution in [0.1, 0.15) is 25.3 Å². The lowest BCUT2D eigenvalue weighted by atomic mass is 10.3. The first-order valence-electron chi connectivity index (χ1n) is 6.93. The normalized spacial score (nSPS) is 14.2. The molecule has 0 saturated carbocycles. The molecule has 1 aliphatic heterocycles. The number of carbonyl (C=O) groups excluding carboxylic acids is 1. The van der Waals surface area contributed by atoms with E-state index in [0.717, 1.165) is 24.9 Å². The highest BCUT2D eigenvalue weighted by atomic mass is 35.5. The largest absolute Gasteiger partial charge is 0.358 e. The van der Waals surface area contributed by atoms with E-state index in [0.29, 0.717) is 23.4 Å². The molecule has 0 bridgehead atoms. The lowest BCUT2D eigenvalue weighted by Crippen LogP contribution is -2.23. The van der Waals surface area contributed by atoms with Gasteiger partial charge in [-0.15, -0.1) is 0 Å². The molecule has 1 aromatic heterocycles. The minimum absolute atomic E-state index is 0.292. The van der Waals surface area contributed by atoms with Crippen molar-refractivity contribution in [2.45, 2.75) is 26.3 Å². The van der Waals surface area contributed by atoms with Crippen LogP contribution in [0.4, 0.5) is 0 Å². The molecule has 0 aromatic carbocycles. The van der Waals surface area contributed by atoms with Gasteiger partial charge in [0.25, 0.3) is 0 Å². The van der Waals surface area contributed by atoms with Crippen molar-refractivity contribution in [1.82, 2.24) is 14.8 Å². The number of halogens is 1. The molecule has 6 nitrogen and oxygen atoms in total. The first kappa shape index (κ1) is 17.9. The van der Waals surface area contributed by atoms with E-state index < -0.39 is 0 Å². The summed E-state index contributed by atoms with van der Waals surface area (Å²) in [6.07, 6.45) is 5.27. The van der Waals surface area contributed by atoms with Crippen LogP contribution in [-0.2, 0) is 11.3 Å². The average Bonchev–Trinajstić information content (AvgIpc) is 2.86. The molecule has 22 heavy (non-hydrogen) atoms. The fourth-order valence-electron chi connectivity index (χ4n) is 1.83. The van der Waals surface area contributed by atoms with Gasteiger partial charge in [0, 0.05) is 39.8 Å². The van der Waals surface area contributed by atoms with Crippen molar-refractivity contribution in [3.63, 3.8) is 0 Å². The quantitative estimate of drug-likeness (QED) is 0.362. The van der Waals surface area contributed by atoms with Crippen LogP contribution in [0.15, 0.2) is 23.3 Å². The lowest BCUT2D eigenvalue weighted by molar-refractivity contribution is -0.126. The summed E-state index contributed by atoms with van der Waals surface area (Å²) < 4.78 is 0. The van der Waals surface area contributed by atoms with E-state index in [2.05, 4.69) is 9.98 Å². The molecule has 0 radical (unpaired) electrons. The molecule has 1 aromatic rings. The summed E-state index contributed by atoms with van der Waals surface area (Å²) >= 11 is 5.67. The first-order chi connectivity index (χ1) is 10.4. The number of amides is 1. The maximum absolute atomic E-state index is 10.5. The molecule has 1 amide bonds. The van der Waals surface area contributed by atoms with Gasteiger partial charge in [0.15, 0.2) is 0 Å². The van der Waals surface area contributed by atoms with Crippen molar-refractivity contribution in [3.8, 4) is 6.19 Å². The standard InChI is InChI=1S/C10H11ClN4.C5H9NO/c1-8(14-7-12)15(2)6-9-3-4-10(11)13-5-9;1-6-4-2-3-5(6)7/h3-5H,6H2,1-2H3;2-4H2,1H3/b14-8+;. The van der Waals surface area contributed by atoms with Gasteiger partial charge in [-0.1, -0.05) is 17.7 Å². The summed E-state index contributed by atoms with van der Waals surface area (Å²) in [4.78, 5) is 21.7. The number of nitrogens with zero attached hydrogens (tertiary/aromatic N) is 5. The fraction of sp³-hybridized carbons (Fsp3) is 0.467. The smallest absolute Gasteiger partial charge is 0.222 e. The molecule has 7 heteroatoms. The molecule has 1 fully saturated rings. The second kappa shape index (κ2) is 9.00. The number of amidine groups is 1. The van der Waals surface area contributed by atoms with Crippen molar-refractivity contribution in [3.05, 3.63) is 29.0 Å². The van der Waals surface area contributed by atoms with Crippen molar-refractivity contribution in [2.24, 2.45) is 4.99 Å². The Morgan fingerprint density at radius 2 is 2.32 bits per heavy atom. The number of carbonyl (C=O) groups is 1. The van der Waals surface area contributed by atoms with Gasteiger partial charge in [0.2, 0.25) is 12.1 Å². The molecule has 0 spiro atoms. The van der Waals surface area contributed by atoms with Gasteiger partial charge in [-0.2, -0.15) is 10.3 Å². The van der Waals surface area contributed by atoms with Gasteiger partial charge in [-0.05, 0) is 25.0 Å². The van der Waals surface area contributed by atoms with E-state index in [9.17, 15) is 4.79 Å². The number of hydrogen-bond acceptors (Lipinski definition) is 4. The average molecular weight is 322 g/mol. The van der Waals surface area contributed by atoms with E-state index >= 15 is 0 Å². The molecule has 118 valence electrons. The maximum Gasteiger partial charge on any atom is 0.222 e. The Kier molecular flexibility index (Phi) is 7.33. The Labute approximate surface area is 136 Å². The predicted molar refractivity (Wildman–Crippen MR) is 86.3 cm³/mol. The summed E-state index contributed by atoms with van der Waals surface area (Å²) in [6, 6.07) is 3.63. The van der Waals surface area contributed by atoms with E-state index in [1.54, 1.807) is 30.3 Å². The second-order valence-corrected chi connectivity index (χ2v) is 5.41. The number of pyridine rings is 1. The Hall–Kier alpha value is -2.13. The zero-order valence-corrected chi connectivity index (χ0v) is 13.8. The van der Waals surface area contributed by atoms with Gasteiger partial charge in [-0.25, -0.2) is 4.98 Å². The molecular formula is C15H20ClN5O. The SMILES string of the molecule is C/C(=N\C#N)N(C)Cc1ccc(Cl)nc1.CN1CCCC1=O. The van der Waals surface area contributed by atoms with Crippen LogP contribution in [-0.4, -0.2) is 47.2 Å². The molecule has 0 N–H and O–H groups in total. The lowest BCUT2D eigenvalue weighted by Gasteiger charge is -2.17. The highest BCUT2D eigenvalue weighted by Crippen LogP contribution is 2.07. The number of hydrogen-bond donors (Lipinski definition) is 0. The van der Waals surface area contributed by atoms with Crippen LogP contribution in [0, 0.1) is 11.5 Å². The van der Waals surface area contributed by atoms with E-state index in [-0.39, 0.29) is 0 Å². The van der Waals surface area contributed by atoms with Crippen LogP contribution in [0.3, 0.4) is 0 Å². The molecule has 2 heterocycles. The summed E-state index contributed by atoms with van der Waals surface area (Å²) in [7, 11) is 3.71. The van der Waals surface area contributed by atoms with Crippen LogP contribution in [0.5, 0.6) is 0 Å². The number of nitriles is 1. The monoisotopic (exact) mass is 321 g/mol. The molecule has 0 aliphatic carbocycles. The highest BCUT2D eigenvalue weighted by Gasteiger charge is 2.14. The van der Waals surface area contributed by atoms with Crippen molar-refractivity contribution < 1.29 is 4.79 Å². The van der Waals surface area contributed by atoms with Crippen LogP contribution in [0.2, 0.25) is 5.15 Å². The molecular weight excluding hydrogens is 302 g/mol. The highest BCUT2D eigenvalue weighted by molar-refractivity contribution is 6.29. The molecule has 1 saturated heterocycles. The summed E-state index contributed by atoms with van der Waals surface area (Å²) in [5, 5.41) is 8.87. The minimum atomic E-state index is 0.292. The number of aliphatic imine (C=N–C) groups is 1.